The van der Waals surface area contributed by atoms with Crippen LogP contribution in [0.4, 0.5) is 19.1 Å². The second-order valence-electron chi connectivity index (χ2n) is 9.23. The second kappa shape index (κ2) is 10.3. The Labute approximate surface area is 229 Å². The van der Waals surface area contributed by atoms with Gasteiger partial charge in [0.25, 0.3) is 0 Å². The van der Waals surface area contributed by atoms with E-state index in [1.54, 1.807) is 24.3 Å². The fraction of sp³-hybridized carbons (Fsp3) is 0.333. The van der Waals surface area contributed by atoms with Crippen molar-refractivity contribution in [3.63, 3.8) is 0 Å². The Bertz CT molecular complexity index is 1550. The molecule has 4 aromatic rings. The lowest BCUT2D eigenvalue weighted by Crippen LogP contribution is -2.37. The average molecular weight is 584 g/mol. The van der Waals surface area contributed by atoms with Crippen molar-refractivity contribution in [2.75, 3.05) is 11.9 Å². The van der Waals surface area contributed by atoms with Crippen LogP contribution in [0.5, 0.6) is 0 Å². The lowest BCUT2D eigenvalue weighted by molar-refractivity contribution is -0.207. The summed E-state index contributed by atoms with van der Waals surface area (Å²) in [6.45, 7) is -1.15. The number of aliphatic hydroxyl groups is 2. The van der Waals surface area contributed by atoms with Crippen molar-refractivity contribution >= 4 is 29.2 Å². The highest BCUT2D eigenvalue weighted by atomic mass is 35.5. The van der Waals surface area contributed by atoms with Gasteiger partial charge in [-0.05, 0) is 49.2 Å². The third-order valence-electron chi connectivity index (χ3n) is 6.18. The van der Waals surface area contributed by atoms with Gasteiger partial charge in [-0.1, -0.05) is 35.3 Å². The molecule has 1 atom stereocenters. The Morgan fingerprint density at radius 3 is 2.41 bits per heavy atom. The van der Waals surface area contributed by atoms with Gasteiger partial charge in [0.05, 0.1) is 22.9 Å². The number of para-hydroxylation sites is 1. The first-order chi connectivity index (χ1) is 18.4. The molecular weight excluding hydrogens is 562 g/mol. The molecule has 2 aromatic carbocycles. The van der Waals surface area contributed by atoms with Crippen LogP contribution in [-0.2, 0) is 13.1 Å². The van der Waals surface area contributed by atoms with Gasteiger partial charge < -0.3 is 15.5 Å². The zero-order valence-electron chi connectivity index (χ0n) is 20.1. The van der Waals surface area contributed by atoms with E-state index in [1.807, 2.05) is 0 Å². The number of benzene rings is 2. The molecule has 2 aromatic heterocycles. The molecule has 3 N–H and O–H groups in total. The Morgan fingerprint density at radius 1 is 1.08 bits per heavy atom. The van der Waals surface area contributed by atoms with E-state index < -0.39 is 30.1 Å². The minimum absolute atomic E-state index is 0.0974. The van der Waals surface area contributed by atoms with Crippen LogP contribution < -0.4 is 11.0 Å². The summed E-state index contributed by atoms with van der Waals surface area (Å²) in [7, 11) is 0. The summed E-state index contributed by atoms with van der Waals surface area (Å²) in [5.74, 6) is 0.252. The SMILES string of the molecule is O=c1n(Cc2nc(NCC3(O)CC3)n(-c3ccccc3Cl)n2)nc(-c2ccc(Cl)cc2)n1CC(O)C(F)(F)F. The highest BCUT2D eigenvalue weighted by Crippen LogP contribution is 2.35. The Balaban J connectivity index is 1.53. The van der Waals surface area contributed by atoms with Crippen molar-refractivity contribution in [2.45, 2.75) is 43.8 Å². The van der Waals surface area contributed by atoms with Gasteiger partial charge in [-0.25, -0.2) is 9.48 Å². The fourth-order valence-corrected chi connectivity index (χ4v) is 4.17. The van der Waals surface area contributed by atoms with Gasteiger partial charge in [0.15, 0.2) is 17.8 Å². The second-order valence-corrected chi connectivity index (χ2v) is 10.1. The van der Waals surface area contributed by atoms with E-state index in [1.165, 1.54) is 28.9 Å². The Kier molecular flexibility index (Phi) is 7.18. The standard InChI is InChI=1S/C24H22Cl2F3N7O3/c25-15-7-5-14(6-8-15)20-33-35(22(38)34(20)11-18(37)24(27,28)29)12-19-31-21(30-13-23(39)9-10-23)36(32-19)17-4-2-1-3-16(17)26/h1-8,18,37,39H,9-13H2,(H,30,31,32). The zero-order valence-corrected chi connectivity index (χ0v) is 21.6. The van der Waals surface area contributed by atoms with Gasteiger partial charge in [0, 0.05) is 17.1 Å². The first-order valence-electron chi connectivity index (χ1n) is 11.8. The predicted octanol–water partition coefficient (Wildman–Crippen LogP) is 3.51. The van der Waals surface area contributed by atoms with Crippen LogP contribution in [0.2, 0.25) is 10.0 Å². The summed E-state index contributed by atoms with van der Waals surface area (Å²) in [5, 5.41) is 32.4. The number of aliphatic hydroxyl groups excluding tert-OH is 1. The van der Waals surface area contributed by atoms with Crippen LogP contribution >= 0.6 is 23.2 Å². The minimum Gasteiger partial charge on any atom is -0.388 e. The van der Waals surface area contributed by atoms with E-state index in [0.29, 0.717) is 34.1 Å². The maximum atomic E-state index is 13.2. The van der Waals surface area contributed by atoms with Crippen LogP contribution in [0.3, 0.4) is 0 Å². The van der Waals surface area contributed by atoms with Crippen molar-refractivity contribution in [3.05, 3.63) is 74.9 Å². The summed E-state index contributed by atoms with van der Waals surface area (Å²) in [4.78, 5) is 17.6. The Morgan fingerprint density at radius 2 is 1.77 bits per heavy atom. The van der Waals surface area contributed by atoms with E-state index in [4.69, 9.17) is 23.2 Å². The van der Waals surface area contributed by atoms with Crippen LogP contribution in [-0.4, -0.2) is 63.8 Å². The van der Waals surface area contributed by atoms with Gasteiger partial charge in [0.2, 0.25) is 5.95 Å². The summed E-state index contributed by atoms with van der Waals surface area (Å²) in [5.41, 5.74) is -0.950. The number of hydrogen-bond donors (Lipinski definition) is 3. The summed E-state index contributed by atoms with van der Waals surface area (Å²) in [6, 6.07) is 12.9. The first-order valence-corrected chi connectivity index (χ1v) is 12.5. The van der Waals surface area contributed by atoms with Crippen LogP contribution in [0, 0.1) is 0 Å². The normalized spacial score (nSPS) is 15.4. The van der Waals surface area contributed by atoms with Crippen LogP contribution in [0.1, 0.15) is 18.7 Å². The maximum absolute atomic E-state index is 13.2. The molecule has 0 amide bonds. The van der Waals surface area contributed by atoms with E-state index in [9.17, 15) is 28.2 Å². The van der Waals surface area contributed by atoms with Gasteiger partial charge in [-0.2, -0.15) is 22.8 Å². The molecule has 10 nitrogen and oxygen atoms in total. The number of nitrogens with zero attached hydrogens (tertiary/aromatic N) is 6. The number of rotatable bonds is 9. The van der Waals surface area contributed by atoms with Gasteiger partial charge in [-0.3, -0.25) is 4.57 Å². The molecule has 0 saturated heterocycles. The monoisotopic (exact) mass is 583 g/mol. The first kappa shape index (κ1) is 27.2. The molecule has 0 bridgehead atoms. The molecule has 2 heterocycles. The molecule has 1 fully saturated rings. The molecule has 1 aliphatic rings. The smallest absolute Gasteiger partial charge is 0.388 e. The largest absolute Gasteiger partial charge is 0.416 e. The number of anilines is 1. The van der Waals surface area contributed by atoms with Gasteiger partial charge in [0.1, 0.15) is 6.54 Å². The van der Waals surface area contributed by atoms with Gasteiger partial charge >= 0.3 is 11.9 Å². The summed E-state index contributed by atoms with van der Waals surface area (Å²) >= 11 is 12.3. The molecule has 0 spiro atoms. The minimum atomic E-state index is -4.94. The lowest BCUT2D eigenvalue weighted by Gasteiger charge is -2.15. The van der Waals surface area contributed by atoms with E-state index in [0.717, 1.165) is 9.25 Å². The molecule has 15 heteroatoms. The van der Waals surface area contributed by atoms with Crippen molar-refractivity contribution in [1.29, 1.82) is 0 Å². The quantitative estimate of drug-likeness (QED) is 0.275. The number of halogens is 5. The molecule has 206 valence electrons. The van der Waals surface area contributed by atoms with Crippen molar-refractivity contribution < 1.29 is 23.4 Å². The third kappa shape index (κ3) is 5.96. The van der Waals surface area contributed by atoms with Gasteiger partial charge in [-0.15, -0.1) is 10.2 Å². The van der Waals surface area contributed by atoms with Crippen molar-refractivity contribution in [1.82, 2.24) is 29.1 Å². The maximum Gasteiger partial charge on any atom is 0.416 e. The number of aromatic nitrogens is 6. The molecule has 5 rings (SSSR count). The van der Waals surface area contributed by atoms with E-state index in [-0.39, 0.29) is 30.7 Å². The van der Waals surface area contributed by atoms with Crippen LogP contribution in [0.25, 0.3) is 17.1 Å². The molecule has 1 unspecified atom stereocenters. The molecule has 1 aliphatic carbocycles. The van der Waals surface area contributed by atoms with Crippen molar-refractivity contribution in [2.24, 2.45) is 0 Å². The summed E-state index contributed by atoms with van der Waals surface area (Å²) < 4.78 is 42.5. The van der Waals surface area contributed by atoms with Crippen LogP contribution in [0.15, 0.2) is 53.3 Å². The highest BCUT2D eigenvalue weighted by Gasteiger charge is 2.41. The Hall–Kier alpha value is -3.39. The number of nitrogens with one attached hydrogen (secondary N) is 1. The zero-order chi connectivity index (χ0) is 27.9. The number of alkyl halides is 3. The number of hydrogen-bond acceptors (Lipinski definition) is 7. The molecule has 0 radical (unpaired) electrons. The molecule has 39 heavy (non-hydrogen) atoms. The van der Waals surface area contributed by atoms with E-state index in [2.05, 4.69) is 20.5 Å². The average Bonchev–Trinajstić information content (AvgIpc) is 3.37. The predicted molar refractivity (Wildman–Crippen MR) is 137 cm³/mol. The van der Waals surface area contributed by atoms with Crippen molar-refractivity contribution in [3.8, 4) is 17.1 Å². The fourth-order valence-electron chi connectivity index (χ4n) is 3.82. The third-order valence-corrected chi connectivity index (χ3v) is 6.76. The highest BCUT2D eigenvalue weighted by molar-refractivity contribution is 6.32. The molecule has 0 aliphatic heterocycles. The lowest BCUT2D eigenvalue weighted by atomic mass is 10.2. The molecular formula is C24H22Cl2F3N7O3. The summed E-state index contributed by atoms with van der Waals surface area (Å²) in [6.07, 6.45) is -6.46. The topological polar surface area (TPSA) is 123 Å². The molecule has 1 saturated carbocycles. The van der Waals surface area contributed by atoms with E-state index >= 15 is 0 Å².